The molecule has 0 aliphatic carbocycles. The molecule has 0 N–H and O–H groups in total. The molecule has 2 heterocycles. The molecule has 2 rings (SSSR count). The van der Waals surface area contributed by atoms with Crippen molar-refractivity contribution < 1.29 is 0 Å². The van der Waals surface area contributed by atoms with Crippen molar-refractivity contribution in [1.82, 2.24) is 4.98 Å². The maximum atomic E-state index is 4.19. The number of aromatic nitrogens is 1. The van der Waals surface area contributed by atoms with Crippen LogP contribution < -0.4 is 4.90 Å². The van der Waals surface area contributed by atoms with E-state index in [1.165, 1.54) is 38.0 Å². The van der Waals surface area contributed by atoms with Crippen LogP contribution in [0.3, 0.4) is 0 Å². The molecule has 0 spiro atoms. The Bertz CT molecular complexity index is 300. The second-order valence-corrected chi connectivity index (χ2v) is 5.27. The first kappa shape index (κ1) is 11.4. The molecule has 1 aliphatic rings. The van der Waals surface area contributed by atoms with E-state index >= 15 is 0 Å². The molecule has 1 saturated heterocycles. The second-order valence-electron chi connectivity index (χ2n) is 5.27. The maximum absolute atomic E-state index is 4.19. The summed E-state index contributed by atoms with van der Waals surface area (Å²) in [6.07, 6.45) is 7.89. The van der Waals surface area contributed by atoms with Crippen molar-refractivity contribution in [3.8, 4) is 0 Å². The first-order valence-electron chi connectivity index (χ1n) is 6.40. The predicted octanol–water partition coefficient (Wildman–Crippen LogP) is 3.34. The lowest BCUT2D eigenvalue weighted by Crippen LogP contribution is -2.34. The smallest absolute Gasteiger partial charge is 0.0552 e. The minimum absolute atomic E-state index is 0.843. The number of nitrogens with zero attached hydrogens (tertiary/aromatic N) is 2. The third-order valence-electron chi connectivity index (χ3n) is 3.43. The summed E-state index contributed by atoms with van der Waals surface area (Å²) in [6, 6.07) is 4.19. The molecule has 88 valence electrons. The summed E-state index contributed by atoms with van der Waals surface area (Å²) in [5, 5.41) is 0. The zero-order valence-corrected chi connectivity index (χ0v) is 10.4. The van der Waals surface area contributed by atoms with Crippen LogP contribution in [0.5, 0.6) is 0 Å². The lowest BCUT2D eigenvalue weighted by atomic mass is 9.88. The Balaban J connectivity index is 1.86. The minimum Gasteiger partial charge on any atom is -0.370 e. The molecule has 0 unspecified atom stereocenters. The summed E-state index contributed by atoms with van der Waals surface area (Å²) >= 11 is 0. The zero-order chi connectivity index (χ0) is 11.4. The number of hydrogen-bond donors (Lipinski definition) is 0. The van der Waals surface area contributed by atoms with Crippen LogP contribution in [0, 0.1) is 11.8 Å². The van der Waals surface area contributed by atoms with E-state index in [4.69, 9.17) is 0 Å². The van der Waals surface area contributed by atoms with E-state index in [1.807, 2.05) is 18.5 Å². The summed E-state index contributed by atoms with van der Waals surface area (Å²) in [5.74, 6) is 1.78. The fourth-order valence-corrected chi connectivity index (χ4v) is 2.63. The van der Waals surface area contributed by atoms with Gasteiger partial charge in [0.2, 0.25) is 0 Å². The number of pyridine rings is 1. The van der Waals surface area contributed by atoms with Crippen molar-refractivity contribution in [3.05, 3.63) is 24.5 Å². The van der Waals surface area contributed by atoms with Gasteiger partial charge in [0, 0.05) is 19.3 Å². The average Bonchev–Trinajstić information content (AvgIpc) is 2.30. The van der Waals surface area contributed by atoms with E-state index in [2.05, 4.69) is 29.8 Å². The monoisotopic (exact) mass is 218 g/mol. The minimum atomic E-state index is 0.843. The first-order chi connectivity index (χ1) is 7.75. The maximum Gasteiger partial charge on any atom is 0.0552 e. The Kier molecular flexibility index (Phi) is 3.81. The Morgan fingerprint density at radius 3 is 2.69 bits per heavy atom. The van der Waals surface area contributed by atoms with E-state index in [1.54, 1.807) is 0 Å². The Hall–Kier alpha value is -1.05. The molecule has 0 saturated carbocycles. The predicted molar refractivity (Wildman–Crippen MR) is 68.6 cm³/mol. The van der Waals surface area contributed by atoms with Gasteiger partial charge in [0.05, 0.1) is 11.9 Å². The molecule has 1 aliphatic heterocycles. The quantitative estimate of drug-likeness (QED) is 0.773. The van der Waals surface area contributed by atoms with Gasteiger partial charge in [0.25, 0.3) is 0 Å². The number of anilines is 1. The SMILES string of the molecule is CC(C)CC1CCN(c2cccnc2)CC1. The fourth-order valence-electron chi connectivity index (χ4n) is 2.63. The van der Waals surface area contributed by atoms with Crippen LogP contribution in [0.1, 0.15) is 33.1 Å². The molecule has 1 aromatic heterocycles. The van der Waals surface area contributed by atoms with Crippen molar-refractivity contribution in [2.45, 2.75) is 33.1 Å². The van der Waals surface area contributed by atoms with Crippen LogP contribution in [0.15, 0.2) is 24.5 Å². The van der Waals surface area contributed by atoms with Crippen LogP contribution in [0.4, 0.5) is 5.69 Å². The number of rotatable bonds is 3. The molecule has 0 amide bonds. The van der Waals surface area contributed by atoms with Crippen LogP contribution in [-0.2, 0) is 0 Å². The van der Waals surface area contributed by atoms with Gasteiger partial charge in [-0.05, 0) is 43.2 Å². The largest absolute Gasteiger partial charge is 0.370 e. The van der Waals surface area contributed by atoms with E-state index in [0.29, 0.717) is 0 Å². The van der Waals surface area contributed by atoms with Gasteiger partial charge < -0.3 is 4.90 Å². The molecule has 0 bridgehead atoms. The van der Waals surface area contributed by atoms with Crippen molar-refractivity contribution in [3.63, 3.8) is 0 Å². The first-order valence-corrected chi connectivity index (χ1v) is 6.40. The van der Waals surface area contributed by atoms with E-state index in [0.717, 1.165) is 11.8 Å². The summed E-state index contributed by atoms with van der Waals surface area (Å²) in [5.41, 5.74) is 1.28. The zero-order valence-electron chi connectivity index (χ0n) is 10.4. The number of piperidine rings is 1. The fraction of sp³-hybridized carbons (Fsp3) is 0.643. The van der Waals surface area contributed by atoms with Crippen LogP contribution in [0.25, 0.3) is 0 Å². The van der Waals surface area contributed by atoms with Crippen LogP contribution in [-0.4, -0.2) is 18.1 Å². The van der Waals surface area contributed by atoms with Gasteiger partial charge in [0.15, 0.2) is 0 Å². The topological polar surface area (TPSA) is 16.1 Å². The molecule has 0 atom stereocenters. The van der Waals surface area contributed by atoms with Gasteiger partial charge >= 0.3 is 0 Å². The summed E-state index contributed by atoms with van der Waals surface area (Å²) < 4.78 is 0. The van der Waals surface area contributed by atoms with Gasteiger partial charge in [-0.3, -0.25) is 4.98 Å². The number of hydrogen-bond acceptors (Lipinski definition) is 2. The lowest BCUT2D eigenvalue weighted by molar-refractivity contribution is 0.338. The molecule has 0 radical (unpaired) electrons. The van der Waals surface area contributed by atoms with Gasteiger partial charge in [-0.15, -0.1) is 0 Å². The van der Waals surface area contributed by atoms with Crippen LogP contribution in [0.2, 0.25) is 0 Å². The van der Waals surface area contributed by atoms with Gasteiger partial charge in [0.1, 0.15) is 0 Å². The normalized spacial score (nSPS) is 18.1. The molecular weight excluding hydrogens is 196 g/mol. The van der Waals surface area contributed by atoms with Gasteiger partial charge in [-0.25, -0.2) is 0 Å². The molecule has 16 heavy (non-hydrogen) atoms. The second kappa shape index (κ2) is 5.33. The van der Waals surface area contributed by atoms with Crippen molar-refractivity contribution in [2.75, 3.05) is 18.0 Å². The van der Waals surface area contributed by atoms with E-state index in [-0.39, 0.29) is 0 Å². The third-order valence-corrected chi connectivity index (χ3v) is 3.43. The lowest BCUT2D eigenvalue weighted by Gasteiger charge is -2.34. The molecule has 2 nitrogen and oxygen atoms in total. The van der Waals surface area contributed by atoms with Gasteiger partial charge in [-0.1, -0.05) is 13.8 Å². The average molecular weight is 218 g/mol. The standard InChI is InChI=1S/C14H22N2/c1-12(2)10-13-5-8-16(9-6-13)14-4-3-7-15-11-14/h3-4,7,11-13H,5-6,8-10H2,1-2H3. The third kappa shape index (κ3) is 2.97. The molecule has 2 heteroatoms. The summed E-state index contributed by atoms with van der Waals surface area (Å²) in [4.78, 5) is 6.65. The molecule has 1 fully saturated rings. The van der Waals surface area contributed by atoms with Gasteiger partial charge in [-0.2, -0.15) is 0 Å². The highest BCUT2D eigenvalue weighted by Crippen LogP contribution is 2.26. The van der Waals surface area contributed by atoms with Crippen LogP contribution >= 0.6 is 0 Å². The highest BCUT2D eigenvalue weighted by Gasteiger charge is 2.19. The summed E-state index contributed by atoms with van der Waals surface area (Å²) in [7, 11) is 0. The molecule has 1 aromatic rings. The van der Waals surface area contributed by atoms with E-state index in [9.17, 15) is 0 Å². The molecule has 0 aromatic carbocycles. The Labute approximate surface area is 98.7 Å². The van der Waals surface area contributed by atoms with Crippen molar-refractivity contribution >= 4 is 5.69 Å². The highest BCUT2D eigenvalue weighted by atomic mass is 15.1. The Morgan fingerprint density at radius 2 is 2.12 bits per heavy atom. The Morgan fingerprint density at radius 1 is 1.38 bits per heavy atom. The van der Waals surface area contributed by atoms with Crippen molar-refractivity contribution in [1.29, 1.82) is 0 Å². The highest BCUT2D eigenvalue weighted by molar-refractivity contribution is 5.43. The summed E-state index contributed by atoms with van der Waals surface area (Å²) in [6.45, 7) is 7.05. The molecular formula is C14H22N2. The van der Waals surface area contributed by atoms with E-state index < -0.39 is 0 Å². The van der Waals surface area contributed by atoms with Crippen molar-refractivity contribution in [2.24, 2.45) is 11.8 Å².